The van der Waals surface area contributed by atoms with Gasteiger partial charge in [0.05, 0.1) is 0 Å². The molecule has 0 unspecified atom stereocenters. The van der Waals surface area contributed by atoms with Gasteiger partial charge in [0, 0.05) is 5.69 Å². The summed E-state index contributed by atoms with van der Waals surface area (Å²) < 4.78 is 0. The van der Waals surface area contributed by atoms with Gasteiger partial charge in [-0.15, -0.1) is 0 Å². The van der Waals surface area contributed by atoms with Gasteiger partial charge in [0.15, 0.2) is 0 Å². The number of pyridine rings is 1. The van der Waals surface area contributed by atoms with Crippen molar-refractivity contribution in [3.05, 3.63) is 23.4 Å². The smallest absolute Gasteiger partial charge is 0.123 e. The molecule has 0 atom stereocenters. The van der Waals surface area contributed by atoms with Crippen LogP contribution >= 0.6 is 0 Å². The first-order valence-corrected chi connectivity index (χ1v) is 5.01. The van der Waals surface area contributed by atoms with Crippen molar-refractivity contribution in [1.29, 1.82) is 0 Å². The monoisotopic (exact) mass is 178 g/mol. The fourth-order valence-electron chi connectivity index (χ4n) is 1.49. The summed E-state index contributed by atoms with van der Waals surface area (Å²) in [6, 6.07) is 4.14. The normalized spacial score (nSPS) is 10.3. The minimum Gasteiger partial charge on any atom is -0.384 e. The summed E-state index contributed by atoms with van der Waals surface area (Å²) >= 11 is 0. The highest BCUT2D eigenvalue weighted by atomic mass is 14.8. The van der Waals surface area contributed by atoms with Gasteiger partial charge in [-0.2, -0.15) is 0 Å². The van der Waals surface area contributed by atoms with Crippen molar-refractivity contribution in [2.75, 3.05) is 5.73 Å². The van der Waals surface area contributed by atoms with Crippen LogP contribution in [0.5, 0.6) is 0 Å². The Kier molecular flexibility index (Phi) is 3.74. The van der Waals surface area contributed by atoms with E-state index in [1.165, 1.54) is 5.56 Å². The first-order valence-electron chi connectivity index (χ1n) is 5.01. The number of anilines is 1. The number of aryl methyl sites for hydroxylation is 2. The predicted molar refractivity (Wildman–Crippen MR) is 56.6 cm³/mol. The molecule has 0 aliphatic rings. The van der Waals surface area contributed by atoms with Crippen LogP contribution in [0.3, 0.4) is 0 Å². The maximum Gasteiger partial charge on any atom is 0.123 e. The first kappa shape index (κ1) is 10.0. The van der Waals surface area contributed by atoms with E-state index in [2.05, 4.69) is 24.9 Å². The van der Waals surface area contributed by atoms with Gasteiger partial charge in [-0.05, 0) is 30.5 Å². The molecule has 0 amide bonds. The second-order valence-electron chi connectivity index (χ2n) is 3.39. The van der Waals surface area contributed by atoms with E-state index in [0.29, 0.717) is 5.82 Å². The second-order valence-corrected chi connectivity index (χ2v) is 3.39. The average molecular weight is 178 g/mol. The third-order valence-electron chi connectivity index (χ3n) is 2.00. The lowest BCUT2D eigenvalue weighted by molar-refractivity contribution is 0.866. The summed E-state index contributed by atoms with van der Waals surface area (Å²) in [4.78, 5) is 4.28. The fraction of sp³-hybridized carbons (Fsp3) is 0.545. The molecule has 2 N–H and O–H groups in total. The van der Waals surface area contributed by atoms with E-state index in [9.17, 15) is 0 Å². The molecule has 1 aromatic heterocycles. The number of rotatable bonds is 4. The van der Waals surface area contributed by atoms with Crippen LogP contribution in [0.1, 0.15) is 37.9 Å². The zero-order chi connectivity index (χ0) is 9.68. The van der Waals surface area contributed by atoms with Crippen LogP contribution in [0, 0.1) is 0 Å². The Morgan fingerprint density at radius 3 is 2.46 bits per heavy atom. The molecule has 0 aliphatic carbocycles. The van der Waals surface area contributed by atoms with Crippen molar-refractivity contribution >= 4 is 5.82 Å². The lowest BCUT2D eigenvalue weighted by Gasteiger charge is -2.04. The molecule has 1 rings (SSSR count). The second kappa shape index (κ2) is 4.85. The SMILES string of the molecule is CCCc1cc(N)nc(CCC)c1. The lowest BCUT2D eigenvalue weighted by Crippen LogP contribution is -1.98. The van der Waals surface area contributed by atoms with Gasteiger partial charge in [0.1, 0.15) is 5.82 Å². The lowest BCUT2D eigenvalue weighted by atomic mass is 10.1. The molecule has 0 saturated heterocycles. The molecule has 2 nitrogen and oxygen atoms in total. The summed E-state index contributed by atoms with van der Waals surface area (Å²) in [5.74, 6) is 0.661. The topological polar surface area (TPSA) is 38.9 Å². The van der Waals surface area contributed by atoms with Crippen LogP contribution in [0.15, 0.2) is 12.1 Å². The minimum absolute atomic E-state index is 0.661. The van der Waals surface area contributed by atoms with Crippen LogP contribution in [0.2, 0.25) is 0 Å². The minimum atomic E-state index is 0.661. The van der Waals surface area contributed by atoms with Crippen LogP contribution in [-0.4, -0.2) is 4.98 Å². The Morgan fingerprint density at radius 2 is 1.85 bits per heavy atom. The van der Waals surface area contributed by atoms with E-state index < -0.39 is 0 Å². The van der Waals surface area contributed by atoms with Crippen molar-refractivity contribution in [1.82, 2.24) is 4.98 Å². The molecule has 0 aliphatic heterocycles. The zero-order valence-electron chi connectivity index (χ0n) is 8.51. The van der Waals surface area contributed by atoms with E-state index in [4.69, 9.17) is 5.73 Å². The Labute approximate surface area is 80.2 Å². The van der Waals surface area contributed by atoms with Crippen LogP contribution in [-0.2, 0) is 12.8 Å². The van der Waals surface area contributed by atoms with E-state index >= 15 is 0 Å². The number of hydrogen-bond acceptors (Lipinski definition) is 2. The molecule has 0 spiro atoms. The highest BCUT2D eigenvalue weighted by molar-refractivity contribution is 5.35. The molecule has 0 radical (unpaired) electrons. The van der Waals surface area contributed by atoms with Gasteiger partial charge in [0.25, 0.3) is 0 Å². The zero-order valence-corrected chi connectivity index (χ0v) is 8.51. The van der Waals surface area contributed by atoms with Crippen molar-refractivity contribution < 1.29 is 0 Å². The molecular formula is C11H18N2. The summed E-state index contributed by atoms with van der Waals surface area (Å²) in [6.45, 7) is 4.33. The van der Waals surface area contributed by atoms with Gasteiger partial charge in [-0.25, -0.2) is 4.98 Å². The van der Waals surface area contributed by atoms with E-state index in [0.717, 1.165) is 31.4 Å². The van der Waals surface area contributed by atoms with E-state index in [-0.39, 0.29) is 0 Å². The summed E-state index contributed by atoms with van der Waals surface area (Å²) in [6.07, 6.45) is 4.42. The molecule has 1 aromatic rings. The van der Waals surface area contributed by atoms with Gasteiger partial charge < -0.3 is 5.73 Å². The van der Waals surface area contributed by atoms with Gasteiger partial charge in [0.2, 0.25) is 0 Å². The molecular weight excluding hydrogens is 160 g/mol. The summed E-state index contributed by atoms with van der Waals surface area (Å²) in [7, 11) is 0. The molecule has 72 valence electrons. The Hall–Kier alpha value is -1.05. The molecule has 0 aromatic carbocycles. The Balaban J connectivity index is 2.83. The molecule has 13 heavy (non-hydrogen) atoms. The molecule has 1 heterocycles. The van der Waals surface area contributed by atoms with Crippen molar-refractivity contribution in [3.63, 3.8) is 0 Å². The quantitative estimate of drug-likeness (QED) is 0.769. The number of nitrogens with two attached hydrogens (primary N) is 1. The highest BCUT2D eigenvalue weighted by Gasteiger charge is 1.99. The van der Waals surface area contributed by atoms with Crippen LogP contribution in [0.25, 0.3) is 0 Å². The number of aromatic nitrogens is 1. The predicted octanol–water partition coefficient (Wildman–Crippen LogP) is 2.57. The summed E-state index contributed by atoms with van der Waals surface area (Å²) in [5, 5.41) is 0. The van der Waals surface area contributed by atoms with Crippen LogP contribution in [0.4, 0.5) is 5.82 Å². The van der Waals surface area contributed by atoms with Gasteiger partial charge in [-0.3, -0.25) is 0 Å². The van der Waals surface area contributed by atoms with Crippen molar-refractivity contribution in [3.8, 4) is 0 Å². The van der Waals surface area contributed by atoms with E-state index in [1.54, 1.807) is 0 Å². The maximum atomic E-state index is 5.71. The third kappa shape index (κ3) is 3.05. The molecule has 0 saturated carbocycles. The van der Waals surface area contributed by atoms with Gasteiger partial charge in [-0.1, -0.05) is 26.7 Å². The van der Waals surface area contributed by atoms with Gasteiger partial charge >= 0.3 is 0 Å². The number of hydrogen-bond donors (Lipinski definition) is 1. The summed E-state index contributed by atoms with van der Waals surface area (Å²) in [5.41, 5.74) is 8.16. The Bertz CT molecular complexity index is 245. The molecule has 0 fully saturated rings. The highest BCUT2D eigenvalue weighted by Crippen LogP contribution is 2.11. The standard InChI is InChI=1S/C11H18N2/c1-3-5-9-7-10(6-4-2)13-11(12)8-9/h7-8H,3-6H2,1-2H3,(H2,12,13). The van der Waals surface area contributed by atoms with Crippen LogP contribution < -0.4 is 5.73 Å². The largest absolute Gasteiger partial charge is 0.384 e. The molecule has 0 bridgehead atoms. The first-order chi connectivity index (χ1) is 6.26. The third-order valence-corrected chi connectivity index (χ3v) is 2.00. The fourth-order valence-corrected chi connectivity index (χ4v) is 1.49. The number of nitrogen functional groups attached to an aromatic ring is 1. The average Bonchev–Trinajstić information content (AvgIpc) is 2.04. The number of nitrogens with zero attached hydrogens (tertiary/aromatic N) is 1. The maximum absolute atomic E-state index is 5.71. The van der Waals surface area contributed by atoms with Crippen molar-refractivity contribution in [2.45, 2.75) is 39.5 Å². The molecule has 2 heteroatoms. The van der Waals surface area contributed by atoms with E-state index in [1.807, 2.05) is 6.07 Å². The van der Waals surface area contributed by atoms with Crippen molar-refractivity contribution in [2.24, 2.45) is 0 Å². The Morgan fingerprint density at radius 1 is 1.15 bits per heavy atom.